The molecule has 0 unspecified atom stereocenters. The molecule has 0 radical (unpaired) electrons. The molecule has 0 atom stereocenters. The zero-order valence-corrected chi connectivity index (χ0v) is 6.71. The number of hydrogen-bond donors (Lipinski definition) is 1. The topological polar surface area (TPSA) is 81.4 Å². The molecule has 1 N–H and O–H groups in total. The van der Waals surface area contributed by atoms with Crippen LogP contribution >= 0.6 is 0 Å². The molecule has 0 fully saturated rings. The van der Waals surface area contributed by atoms with Gasteiger partial charge >= 0.3 is 18.1 Å². The second kappa shape index (κ2) is 4.45. The molecule has 0 saturated heterocycles. The highest BCUT2D eigenvalue weighted by molar-refractivity contribution is 5.85. The number of carboxylic acids is 1. The normalized spacial score (nSPS) is 10.4. The molecule has 0 aliphatic rings. The summed E-state index contributed by atoms with van der Waals surface area (Å²) in [6.07, 6.45) is -5.16. The van der Waals surface area contributed by atoms with Gasteiger partial charge in [0.15, 0.2) is 0 Å². The number of hydrogen-bond acceptors (Lipinski definition) is 3. The van der Waals surface area contributed by atoms with Gasteiger partial charge in [-0.1, -0.05) is 0 Å². The summed E-state index contributed by atoms with van der Waals surface area (Å²) in [5, 5.41) is 16.2. The average molecular weight is 210 g/mol. The molecule has 8 heteroatoms. The first-order valence-electron chi connectivity index (χ1n) is 3.24. The molecule has 0 spiro atoms. The number of halogens is 3. The van der Waals surface area contributed by atoms with Crippen LogP contribution in [0.5, 0.6) is 0 Å². The Morgan fingerprint density at radius 3 is 2.21 bits per heavy atom. The highest BCUT2D eigenvalue weighted by Gasteiger charge is 2.42. The lowest BCUT2D eigenvalue weighted by atomic mass is 10.4. The molecule has 0 rings (SSSR count). The smallest absolute Gasteiger partial charge is 0.471 e. The molecule has 0 aromatic heterocycles. The minimum atomic E-state index is -5.16. The fourth-order valence-corrected chi connectivity index (χ4v) is 0.627. The molecule has 78 valence electrons. The fourth-order valence-electron chi connectivity index (χ4n) is 0.627. The van der Waals surface area contributed by atoms with Crippen molar-refractivity contribution in [3.63, 3.8) is 0 Å². The second-order valence-corrected chi connectivity index (χ2v) is 2.21. The molecule has 5 nitrogen and oxygen atoms in total. The Morgan fingerprint density at radius 1 is 1.43 bits per heavy atom. The van der Waals surface area contributed by atoms with E-state index in [-0.39, 0.29) is 4.90 Å². The van der Waals surface area contributed by atoms with E-state index in [4.69, 9.17) is 10.4 Å². The maximum absolute atomic E-state index is 11.8. The Bertz CT molecular complexity index is 281. The lowest BCUT2D eigenvalue weighted by molar-refractivity contribution is -0.186. The van der Waals surface area contributed by atoms with Gasteiger partial charge < -0.3 is 10.0 Å². The Kier molecular flexibility index (Phi) is 3.89. The first-order chi connectivity index (χ1) is 6.29. The van der Waals surface area contributed by atoms with Gasteiger partial charge in [-0.05, 0) is 0 Å². The Labute approximate surface area is 76.3 Å². The van der Waals surface area contributed by atoms with Crippen LogP contribution in [0.15, 0.2) is 0 Å². The van der Waals surface area contributed by atoms with Crippen molar-refractivity contribution in [1.29, 1.82) is 5.26 Å². The summed E-state index contributed by atoms with van der Waals surface area (Å²) in [5.41, 5.74) is 0. The summed E-state index contributed by atoms with van der Waals surface area (Å²) >= 11 is 0. The van der Waals surface area contributed by atoms with Gasteiger partial charge in [0.2, 0.25) is 0 Å². The molecule has 0 heterocycles. The van der Waals surface area contributed by atoms with Crippen LogP contribution in [0.2, 0.25) is 0 Å². The van der Waals surface area contributed by atoms with Crippen LogP contribution in [0.3, 0.4) is 0 Å². The van der Waals surface area contributed by atoms with E-state index in [2.05, 4.69) is 0 Å². The maximum atomic E-state index is 11.8. The minimum Gasteiger partial charge on any atom is -0.480 e. The van der Waals surface area contributed by atoms with Crippen LogP contribution in [-0.2, 0) is 9.59 Å². The number of carbonyl (C=O) groups excluding carboxylic acids is 1. The summed E-state index contributed by atoms with van der Waals surface area (Å²) < 4.78 is 35.3. The maximum Gasteiger partial charge on any atom is 0.471 e. The molecule has 0 saturated carbocycles. The average Bonchev–Trinajstić information content (AvgIpc) is 2.00. The Morgan fingerprint density at radius 2 is 1.93 bits per heavy atom. The van der Waals surface area contributed by atoms with Crippen molar-refractivity contribution in [3.05, 3.63) is 0 Å². The standard InChI is InChI=1S/C6H5F3N2O3/c7-6(8,9)5(14)11(2-1-10)3-4(12)13/h2-3H2,(H,12,13). The number of nitrogens with zero attached hydrogens (tertiary/aromatic N) is 2. The van der Waals surface area contributed by atoms with E-state index < -0.39 is 31.1 Å². The summed E-state index contributed by atoms with van der Waals surface area (Å²) in [6, 6.07) is 1.27. The predicted molar refractivity (Wildman–Crippen MR) is 35.9 cm³/mol. The zero-order chi connectivity index (χ0) is 11.4. The number of amides is 1. The number of rotatable bonds is 3. The van der Waals surface area contributed by atoms with Gasteiger partial charge in [-0.3, -0.25) is 9.59 Å². The summed E-state index contributed by atoms with van der Waals surface area (Å²) in [6.45, 7) is -2.06. The molecular formula is C6H5F3N2O3. The lowest BCUT2D eigenvalue weighted by Crippen LogP contribution is -2.43. The van der Waals surface area contributed by atoms with Gasteiger partial charge in [0.25, 0.3) is 0 Å². The molecule has 0 aliphatic carbocycles. The second-order valence-electron chi connectivity index (χ2n) is 2.21. The molecule has 14 heavy (non-hydrogen) atoms. The highest BCUT2D eigenvalue weighted by Crippen LogP contribution is 2.17. The number of aliphatic carboxylic acids is 1. The van der Waals surface area contributed by atoms with Crippen molar-refractivity contribution in [1.82, 2.24) is 4.90 Å². The first kappa shape index (κ1) is 12.2. The predicted octanol–water partition coefficient (Wildman–Crippen LogP) is -0.0145. The van der Waals surface area contributed by atoms with Crippen LogP contribution in [0.25, 0.3) is 0 Å². The van der Waals surface area contributed by atoms with E-state index in [9.17, 15) is 22.8 Å². The third-order valence-corrected chi connectivity index (χ3v) is 1.12. The third-order valence-electron chi connectivity index (χ3n) is 1.12. The van der Waals surface area contributed by atoms with E-state index in [0.29, 0.717) is 0 Å². The number of carboxylic acid groups (broad SMARTS) is 1. The van der Waals surface area contributed by atoms with E-state index in [0.717, 1.165) is 0 Å². The molecular weight excluding hydrogens is 205 g/mol. The first-order valence-corrected chi connectivity index (χ1v) is 3.24. The quantitative estimate of drug-likeness (QED) is 0.664. The molecule has 0 bridgehead atoms. The molecule has 1 amide bonds. The van der Waals surface area contributed by atoms with Crippen LogP contribution in [0, 0.1) is 11.3 Å². The van der Waals surface area contributed by atoms with Crippen molar-refractivity contribution in [2.45, 2.75) is 6.18 Å². The van der Waals surface area contributed by atoms with Crippen LogP contribution in [0.1, 0.15) is 0 Å². The van der Waals surface area contributed by atoms with Gasteiger partial charge in [0.1, 0.15) is 13.1 Å². The van der Waals surface area contributed by atoms with Crippen molar-refractivity contribution in [2.75, 3.05) is 13.1 Å². The highest BCUT2D eigenvalue weighted by atomic mass is 19.4. The third kappa shape index (κ3) is 3.75. The monoisotopic (exact) mass is 210 g/mol. The van der Waals surface area contributed by atoms with Gasteiger partial charge in [-0.25, -0.2) is 0 Å². The summed E-state index contributed by atoms with van der Waals surface area (Å²) in [4.78, 5) is 20.4. The molecule has 0 aliphatic heterocycles. The van der Waals surface area contributed by atoms with E-state index >= 15 is 0 Å². The number of alkyl halides is 3. The minimum absolute atomic E-state index is 0.0949. The number of carbonyl (C=O) groups is 2. The Balaban J connectivity index is 4.59. The van der Waals surface area contributed by atoms with Gasteiger partial charge in [0.05, 0.1) is 6.07 Å². The van der Waals surface area contributed by atoms with E-state index in [1.807, 2.05) is 0 Å². The van der Waals surface area contributed by atoms with Crippen LogP contribution < -0.4 is 0 Å². The molecule has 0 aromatic rings. The lowest BCUT2D eigenvalue weighted by Gasteiger charge is -2.18. The van der Waals surface area contributed by atoms with E-state index in [1.54, 1.807) is 0 Å². The zero-order valence-electron chi connectivity index (χ0n) is 6.71. The SMILES string of the molecule is N#CCN(CC(=O)O)C(=O)C(F)(F)F. The van der Waals surface area contributed by atoms with E-state index in [1.165, 1.54) is 6.07 Å². The van der Waals surface area contributed by atoms with Crippen molar-refractivity contribution in [3.8, 4) is 6.07 Å². The largest absolute Gasteiger partial charge is 0.480 e. The molecule has 0 aromatic carbocycles. The fraction of sp³-hybridized carbons (Fsp3) is 0.500. The van der Waals surface area contributed by atoms with Crippen molar-refractivity contribution >= 4 is 11.9 Å². The van der Waals surface area contributed by atoms with Gasteiger partial charge in [0, 0.05) is 0 Å². The summed E-state index contributed by atoms with van der Waals surface area (Å²) in [7, 11) is 0. The van der Waals surface area contributed by atoms with Gasteiger partial charge in [-0.15, -0.1) is 0 Å². The van der Waals surface area contributed by atoms with Gasteiger partial charge in [-0.2, -0.15) is 18.4 Å². The number of nitriles is 1. The van der Waals surface area contributed by atoms with Crippen molar-refractivity contribution < 1.29 is 27.9 Å². The van der Waals surface area contributed by atoms with Crippen LogP contribution in [0.4, 0.5) is 13.2 Å². The Hall–Kier alpha value is -1.78. The summed E-state index contributed by atoms with van der Waals surface area (Å²) in [5.74, 6) is -3.95. The van der Waals surface area contributed by atoms with Crippen molar-refractivity contribution in [2.24, 2.45) is 0 Å². The van der Waals surface area contributed by atoms with Crippen LogP contribution in [-0.4, -0.2) is 41.1 Å².